The third-order valence-electron chi connectivity index (χ3n) is 6.03. The van der Waals surface area contributed by atoms with Gasteiger partial charge in [0.05, 0.1) is 6.61 Å². The van der Waals surface area contributed by atoms with Crippen molar-refractivity contribution in [1.82, 2.24) is 0 Å². The number of hydrogen-bond donors (Lipinski definition) is 4. The molecule has 1 saturated carbocycles. The van der Waals surface area contributed by atoms with Crippen LogP contribution in [0.5, 0.6) is 5.75 Å². The number of benzene rings is 1. The second-order valence-electron chi connectivity index (χ2n) is 8.29. The molecule has 0 aliphatic heterocycles. The molecule has 1 aromatic heterocycles. The molecule has 0 spiro atoms. The van der Waals surface area contributed by atoms with Crippen LogP contribution in [0.25, 0.3) is 0 Å². The van der Waals surface area contributed by atoms with Gasteiger partial charge in [0.1, 0.15) is 23.3 Å². The highest BCUT2D eigenvalue weighted by Gasteiger charge is 2.63. The Kier molecular flexibility index (Phi) is 6.33. The maximum absolute atomic E-state index is 11.1. The van der Waals surface area contributed by atoms with Gasteiger partial charge in [0.2, 0.25) is 0 Å². The van der Waals surface area contributed by atoms with E-state index in [1.165, 1.54) is 21.8 Å². The van der Waals surface area contributed by atoms with Crippen LogP contribution < -0.4 is 10.5 Å². The van der Waals surface area contributed by atoms with Crippen molar-refractivity contribution in [1.29, 1.82) is 0 Å². The monoisotopic (exact) mass is 419 g/mol. The van der Waals surface area contributed by atoms with Crippen molar-refractivity contribution in [3.8, 4) is 5.75 Å². The largest absolute Gasteiger partial charge is 0.491 e. The molecule has 1 heterocycles. The molecule has 0 bridgehead atoms. The molecule has 1 aromatic carbocycles. The smallest absolute Gasteiger partial charge is 0.346 e. The van der Waals surface area contributed by atoms with Gasteiger partial charge in [-0.2, -0.15) is 0 Å². The highest BCUT2D eigenvalue weighted by atomic mass is 32.1. The summed E-state index contributed by atoms with van der Waals surface area (Å²) in [5, 5.41) is 26.7. The number of aromatic carboxylic acids is 1. The number of carboxylic acids is 1. The number of fused-ring (bicyclic) bond motifs is 3. The number of aliphatic hydroxyl groups excluding tert-OH is 2. The van der Waals surface area contributed by atoms with Crippen molar-refractivity contribution in [2.24, 2.45) is 17.1 Å². The van der Waals surface area contributed by atoms with Gasteiger partial charge in [0.15, 0.2) is 0 Å². The Bertz CT molecular complexity index is 874. The van der Waals surface area contributed by atoms with Gasteiger partial charge in [-0.25, -0.2) is 4.79 Å². The number of carbonyl (C=O) groups is 1. The molecule has 0 unspecified atom stereocenters. The molecule has 0 saturated heterocycles. The average Bonchev–Trinajstić information content (AvgIpc) is 3.04. The fourth-order valence-corrected chi connectivity index (χ4v) is 5.34. The maximum atomic E-state index is 11.1. The van der Waals surface area contributed by atoms with Gasteiger partial charge in [0, 0.05) is 11.4 Å². The number of hydrogen-bond acceptors (Lipinski definition) is 6. The topological polar surface area (TPSA) is 113 Å². The van der Waals surface area contributed by atoms with Crippen LogP contribution in [0.4, 0.5) is 0 Å². The second kappa shape index (κ2) is 8.44. The Balaban J connectivity index is 0.000000166. The predicted molar refractivity (Wildman–Crippen MR) is 113 cm³/mol. The van der Waals surface area contributed by atoms with Gasteiger partial charge in [-0.3, -0.25) is 0 Å². The molecule has 29 heavy (non-hydrogen) atoms. The van der Waals surface area contributed by atoms with E-state index >= 15 is 0 Å². The molecule has 6 nitrogen and oxygen atoms in total. The van der Waals surface area contributed by atoms with Crippen molar-refractivity contribution < 1.29 is 24.9 Å². The van der Waals surface area contributed by atoms with Gasteiger partial charge in [-0.15, -0.1) is 11.3 Å². The van der Waals surface area contributed by atoms with E-state index in [9.17, 15) is 4.79 Å². The fraction of sp³-hybridized carbons (Fsp3) is 0.500. The molecular formula is C22H29NO5S. The van der Waals surface area contributed by atoms with Gasteiger partial charge in [-0.05, 0) is 59.4 Å². The molecule has 0 amide bonds. The molecule has 1 fully saturated rings. The summed E-state index contributed by atoms with van der Waals surface area (Å²) in [7, 11) is 0. The zero-order chi connectivity index (χ0) is 21.3. The summed E-state index contributed by atoms with van der Waals surface area (Å²) in [6.45, 7) is 6.96. The van der Waals surface area contributed by atoms with Crippen LogP contribution in [-0.4, -0.2) is 40.6 Å². The zero-order valence-corrected chi connectivity index (χ0v) is 17.8. The Morgan fingerprint density at radius 3 is 2.55 bits per heavy atom. The van der Waals surface area contributed by atoms with E-state index in [0.717, 1.165) is 17.5 Å². The lowest BCUT2D eigenvalue weighted by atomic mass is 9.95. The van der Waals surface area contributed by atoms with Crippen molar-refractivity contribution in [3.63, 3.8) is 0 Å². The Morgan fingerprint density at radius 2 is 2.00 bits per heavy atom. The second-order valence-corrected chi connectivity index (χ2v) is 9.51. The van der Waals surface area contributed by atoms with Crippen LogP contribution in [0.3, 0.4) is 0 Å². The first-order valence-corrected chi connectivity index (χ1v) is 10.6. The summed E-state index contributed by atoms with van der Waals surface area (Å²) in [5.74, 6) is 1.25. The third-order valence-corrected chi connectivity index (χ3v) is 7.18. The van der Waals surface area contributed by atoms with E-state index in [2.05, 4.69) is 20.8 Å². The number of nitrogens with two attached hydrogens (primary N) is 1. The maximum Gasteiger partial charge on any atom is 0.346 e. The lowest BCUT2D eigenvalue weighted by molar-refractivity contribution is 0.0536. The lowest BCUT2D eigenvalue weighted by Crippen LogP contribution is -2.21. The van der Waals surface area contributed by atoms with Gasteiger partial charge >= 0.3 is 5.97 Å². The van der Waals surface area contributed by atoms with Crippen molar-refractivity contribution >= 4 is 17.3 Å². The lowest BCUT2D eigenvalue weighted by Gasteiger charge is -2.09. The third kappa shape index (κ3) is 4.33. The minimum absolute atomic E-state index is 0.0957. The van der Waals surface area contributed by atoms with Crippen LogP contribution in [-0.2, 0) is 13.0 Å². The molecule has 2 aliphatic carbocycles. The van der Waals surface area contributed by atoms with Gasteiger partial charge in [-0.1, -0.05) is 26.0 Å². The van der Waals surface area contributed by atoms with Crippen molar-refractivity contribution in [2.45, 2.75) is 45.8 Å². The Morgan fingerprint density at radius 1 is 1.34 bits per heavy atom. The standard InChI is InChI=1S/C12H14O2S.C10H15NO3/c1-5-8-6(10(15-5)11(13)14)4-7-9(8)12(7,2)3;11-5-8-1-3-10(4-2-8)14-7-9(13)6-12/h7,9H,4H2,1-3H3,(H,13,14);1-4,9,12-13H,5-7,11H2/t7-,9-;9-/m11/s1. The first kappa shape index (κ1) is 21.8. The van der Waals surface area contributed by atoms with Crippen molar-refractivity contribution in [3.05, 3.63) is 50.7 Å². The minimum Gasteiger partial charge on any atom is -0.491 e. The van der Waals surface area contributed by atoms with Gasteiger partial charge < -0.3 is 25.8 Å². The number of thiophene rings is 1. The molecule has 2 aromatic rings. The molecule has 3 atom stereocenters. The molecule has 7 heteroatoms. The van der Waals surface area contributed by atoms with Crippen LogP contribution in [0.15, 0.2) is 24.3 Å². The number of ether oxygens (including phenoxy) is 1. The van der Waals surface area contributed by atoms with E-state index in [0.29, 0.717) is 34.4 Å². The van der Waals surface area contributed by atoms with Crippen LogP contribution in [0.1, 0.15) is 51.0 Å². The van der Waals surface area contributed by atoms with Gasteiger partial charge in [0.25, 0.3) is 0 Å². The normalized spacial score (nSPS) is 21.4. The summed E-state index contributed by atoms with van der Waals surface area (Å²) in [5.41, 5.74) is 9.38. The molecule has 5 N–H and O–H groups in total. The fourth-order valence-electron chi connectivity index (χ4n) is 4.27. The minimum atomic E-state index is -0.829. The zero-order valence-electron chi connectivity index (χ0n) is 17.0. The molecule has 4 rings (SSSR count). The molecule has 0 radical (unpaired) electrons. The SMILES string of the molecule is Cc1sc(C(=O)O)c2c1[C@H]1[C@@H](C2)C1(C)C.NCc1ccc(OC[C@H](O)CO)cc1. The number of aliphatic hydroxyl groups is 2. The molecule has 2 aliphatic rings. The van der Waals surface area contributed by atoms with E-state index in [-0.39, 0.29) is 13.2 Å². The Hall–Kier alpha value is -1.93. The average molecular weight is 420 g/mol. The van der Waals surface area contributed by atoms with Crippen LogP contribution in [0.2, 0.25) is 0 Å². The van der Waals surface area contributed by atoms with E-state index in [1.807, 2.05) is 12.1 Å². The summed E-state index contributed by atoms with van der Waals surface area (Å²) in [6.07, 6.45) is 0.156. The summed E-state index contributed by atoms with van der Waals surface area (Å²) in [4.78, 5) is 12.9. The summed E-state index contributed by atoms with van der Waals surface area (Å²) in [6, 6.07) is 7.29. The Labute approximate surface area is 174 Å². The van der Waals surface area contributed by atoms with Crippen LogP contribution in [0, 0.1) is 18.3 Å². The highest BCUT2D eigenvalue weighted by Crippen LogP contribution is 2.71. The van der Waals surface area contributed by atoms with E-state index in [1.54, 1.807) is 12.1 Å². The molecule has 158 valence electrons. The highest BCUT2D eigenvalue weighted by molar-refractivity contribution is 7.14. The quantitative estimate of drug-likeness (QED) is 0.573. The first-order chi connectivity index (χ1) is 13.7. The first-order valence-electron chi connectivity index (χ1n) is 9.76. The number of rotatable bonds is 6. The van der Waals surface area contributed by atoms with Crippen molar-refractivity contribution in [2.75, 3.05) is 13.2 Å². The number of aryl methyl sites for hydroxylation is 1. The molecular weight excluding hydrogens is 390 g/mol. The summed E-state index contributed by atoms with van der Waals surface area (Å²) >= 11 is 1.46. The van der Waals surface area contributed by atoms with Crippen LogP contribution >= 0.6 is 11.3 Å². The van der Waals surface area contributed by atoms with E-state index in [4.69, 9.17) is 25.8 Å². The number of carboxylic acid groups (broad SMARTS) is 1. The predicted octanol–water partition coefficient (Wildman–Crippen LogP) is 2.93. The van der Waals surface area contributed by atoms with E-state index < -0.39 is 12.1 Å². The summed E-state index contributed by atoms with van der Waals surface area (Å²) < 4.78 is 5.21.